The first-order chi connectivity index (χ1) is 24.0. The van der Waals surface area contributed by atoms with Gasteiger partial charge in [-0.3, -0.25) is 0 Å². The molecule has 2 heterocycles. The molecular formula is C32H46O18. The minimum Gasteiger partial charge on any atom is -0.493 e. The van der Waals surface area contributed by atoms with Gasteiger partial charge in [0.05, 0.1) is 40.6 Å². The first-order valence-electron chi connectivity index (χ1n) is 15.8. The Labute approximate surface area is 286 Å². The quantitative estimate of drug-likeness (QED) is 0.0629. The Morgan fingerprint density at radius 1 is 0.560 bits per heavy atom. The Morgan fingerprint density at radius 3 is 1.26 bits per heavy atom. The second kappa shape index (κ2) is 18.5. The molecule has 18 nitrogen and oxygen atoms in total. The summed E-state index contributed by atoms with van der Waals surface area (Å²) >= 11 is 0. The molecule has 0 aromatic heterocycles. The fourth-order valence-corrected chi connectivity index (χ4v) is 6.00. The second-order valence-electron chi connectivity index (χ2n) is 12.1. The molecule has 10 N–H and O–H groups in total. The van der Waals surface area contributed by atoms with Gasteiger partial charge >= 0.3 is 0 Å². The van der Waals surface area contributed by atoms with Crippen molar-refractivity contribution in [3.63, 3.8) is 0 Å². The lowest BCUT2D eigenvalue weighted by atomic mass is 9.83. The van der Waals surface area contributed by atoms with E-state index in [4.69, 9.17) is 28.4 Å². The Hall–Kier alpha value is -2.92. The third-order valence-electron chi connectivity index (χ3n) is 8.96. The summed E-state index contributed by atoms with van der Waals surface area (Å²) in [5, 5.41) is 100. The summed E-state index contributed by atoms with van der Waals surface area (Å²) < 4.78 is 33.8. The largest absolute Gasteiger partial charge is 0.493 e. The van der Waals surface area contributed by atoms with Crippen molar-refractivity contribution in [1.29, 1.82) is 0 Å². The maximum Gasteiger partial charge on any atom is 0.206 e. The van der Waals surface area contributed by atoms with Gasteiger partial charge in [-0.15, -0.1) is 0 Å². The van der Waals surface area contributed by atoms with E-state index in [9.17, 15) is 51.4 Å². The van der Waals surface area contributed by atoms with Crippen molar-refractivity contribution in [3.8, 4) is 23.0 Å². The summed E-state index contributed by atoms with van der Waals surface area (Å²) in [6.45, 7) is -1.72. The normalized spacial score (nSPS) is 31.1. The summed E-state index contributed by atoms with van der Waals surface area (Å²) in [7, 11) is 2.76. The SMILES string of the molecule is COc1cc(C[C@@H](CO[C@@H]2O[C@H](CO)[C@@H](O)[C@H](O)[C@@H]2O)[C@@H](CO[C@H]2O[C@H](CO)[C@@H](O)[C@H](O)[C@@H]2O)Cc2ccc(OO)c(OC)c2)ccc1OO. The molecule has 50 heavy (non-hydrogen) atoms. The monoisotopic (exact) mass is 718 g/mol. The number of benzene rings is 2. The zero-order valence-electron chi connectivity index (χ0n) is 27.4. The standard InChI is InChI=1S/C32H46O18/c1-43-21-9-15(3-5-19(21)49-41)7-17(13-45-31-29(39)27(37)25(35)23(11-33)47-31)18(8-16-4-6-20(50-42)22(10-16)44-2)14-46-32-30(40)28(38)26(36)24(12-34)48-32/h3-6,9-10,17-18,23-42H,7-8,11-14H2,1-2H3/t17-,18+,23-,24-,25-,26-,27+,28+,29+,30+,31+,32-/m1/s1. The molecule has 0 spiro atoms. The van der Waals surface area contributed by atoms with Crippen LogP contribution < -0.4 is 19.2 Å². The highest BCUT2D eigenvalue weighted by molar-refractivity contribution is 5.43. The number of hydrogen-bond donors (Lipinski definition) is 10. The van der Waals surface area contributed by atoms with E-state index in [-0.39, 0.29) is 49.1 Å². The molecule has 2 aromatic carbocycles. The van der Waals surface area contributed by atoms with E-state index < -0.39 is 86.5 Å². The van der Waals surface area contributed by atoms with Gasteiger partial charge in [-0.2, -0.15) is 0 Å². The summed E-state index contributed by atoms with van der Waals surface area (Å²) in [4.78, 5) is 8.76. The van der Waals surface area contributed by atoms with Crippen molar-refractivity contribution in [2.45, 2.75) is 74.3 Å². The number of methoxy groups -OCH3 is 2. The van der Waals surface area contributed by atoms with Gasteiger partial charge < -0.3 is 79.0 Å². The highest BCUT2D eigenvalue weighted by Crippen LogP contribution is 2.34. The average molecular weight is 719 g/mol. The predicted molar refractivity (Wildman–Crippen MR) is 166 cm³/mol. The van der Waals surface area contributed by atoms with Crippen LogP contribution in [0.25, 0.3) is 0 Å². The van der Waals surface area contributed by atoms with Gasteiger partial charge in [0.1, 0.15) is 48.8 Å². The summed E-state index contributed by atoms with van der Waals surface area (Å²) in [6, 6.07) is 9.47. The first-order valence-corrected chi connectivity index (χ1v) is 15.8. The van der Waals surface area contributed by atoms with E-state index in [1.165, 1.54) is 26.4 Å². The van der Waals surface area contributed by atoms with Crippen molar-refractivity contribution in [3.05, 3.63) is 47.5 Å². The van der Waals surface area contributed by atoms with Gasteiger partial charge in [0, 0.05) is 0 Å². The van der Waals surface area contributed by atoms with Crippen molar-refractivity contribution in [2.24, 2.45) is 11.8 Å². The minimum atomic E-state index is -1.69. The Balaban J connectivity index is 1.69. The number of aliphatic hydroxyl groups is 8. The van der Waals surface area contributed by atoms with Crippen LogP contribution in [0.4, 0.5) is 0 Å². The molecule has 0 saturated carbocycles. The van der Waals surface area contributed by atoms with E-state index in [1.807, 2.05) is 0 Å². The van der Waals surface area contributed by atoms with Crippen LogP contribution in [0.3, 0.4) is 0 Å². The first kappa shape index (κ1) is 39.9. The summed E-state index contributed by atoms with van der Waals surface area (Å²) in [5.41, 5.74) is 1.31. The molecular weight excluding hydrogens is 672 g/mol. The van der Waals surface area contributed by atoms with E-state index in [1.54, 1.807) is 24.3 Å². The molecule has 0 aliphatic carbocycles. The van der Waals surface area contributed by atoms with Crippen LogP contribution in [0.15, 0.2) is 36.4 Å². The van der Waals surface area contributed by atoms with Gasteiger partial charge in [-0.1, -0.05) is 12.1 Å². The van der Waals surface area contributed by atoms with Gasteiger partial charge in [0.25, 0.3) is 0 Å². The van der Waals surface area contributed by atoms with Crippen LogP contribution >= 0.6 is 0 Å². The zero-order chi connectivity index (χ0) is 36.5. The number of hydrogen-bond acceptors (Lipinski definition) is 18. The Bertz CT molecular complexity index is 1230. The molecule has 2 fully saturated rings. The topological polar surface area (TPSA) is 276 Å². The number of rotatable bonds is 17. The molecule has 12 atom stereocenters. The number of ether oxygens (including phenoxy) is 6. The molecule has 282 valence electrons. The highest BCUT2D eigenvalue weighted by Gasteiger charge is 2.46. The Morgan fingerprint density at radius 2 is 0.940 bits per heavy atom. The lowest BCUT2D eigenvalue weighted by molar-refractivity contribution is -0.308. The maximum absolute atomic E-state index is 10.7. The van der Waals surface area contributed by atoms with Crippen LogP contribution in [0.2, 0.25) is 0 Å². The van der Waals surface area contributed by atoms with E-state index in [2.05, 4.69) is 9.78 Å². The fraction of sp³-hybridized carbons (Fsp3) is 0.625. The summed E-state index contributed by atoms with van der Waals surface area (Å²) in [5.74, 6) is -0.665. The smallest absolute Gasteiger partial charge is 0.206 e. The van der Waals surface area contributed by atoms with Gasteiger partial charge in [0.15, 0.2) is 24.1 Å². The van der Waals surface area contributed by atoms with E-state index in [0.29, 0.717) is 11.1 Å². The van der Waals surface area contributed by atoms with Crippen LogP contribution in [-0.2, 0) is 31.8 Å². The molecule has 0 amide bonds. The highest BCUT2D eigenvalue weighted by atomic mass is 17.1. The molecule has 2 aliphatic heterocycles. The van der Waals surface area contributed by atoms with Crippen molar-refractivity contribution in [1.82, 2.24) is 0 Å². The molecule has 0 unspecified atom stereocenters. The molecule has 0 radical (unpaired) electrons. The predicted octanol–water partition coefficient (Wildman–Crippen LogP) is -1.94. The average Bonchev–Trinajstić information content (AvgIpc) is 3.14. The van der Waals surface area contributed by atoms with Crippen LogP contribution in [-0.4, -0.2) is 153 Å². The molecule has 18 heteroatoms. The lowest BCUT2D eigenvalue weighted by Crippen LogP contribution is -2.59. The molecule has 2 aliphatic rings. The summed E-state index contributed by atoms with van der Waals surface area (Å²) in [6.07, 6.45) is -14.9. The molecule has 0 bridgehead atoms. The lowest BCUT2D eigenvalue weighted by Gasteiger charge is -2.41. The zero-order valence-corrected chi connectivity index (χ0v) is 27.4. The third kappa shape index (κ3) is 9.29. The van der Waals surface area contributed by atoms with Gasteiger partial charge in [0.2, 0.25) is 11.5 Å². The van der Waals surface area contributed by atoms with Gasteiger partial charge in [-0.05, 0) is 60.1 Å². The molecule has 4 rings (SSSR count). The second-order valence-corrected chi connectivity index (χ2v) is 12.1. The molecule has 2 saturated heterocycles. The van der Waals surface area contributed by atoms with E-state index in [0.717, 1.165) is 0 Å². The third-order valence-corrected chi connectivity index (χ3v) is 8.96. The van der Waals surface area contributed by atoms with Crippen LogP contribution in [0.1, 0.15) is 11.1 Å². The van der Waals surface area contributed by atoms with Crippen molar-refractivity contribution in [2.75, 3.05) is 40.6 Å². The fourth-order valence-electron chi connectivity index (χ4n) is 6.00. The number of aliphatic hydroxyl groups excluding tert-OH is 8. The molecule has 2 aromatic rings. The minimum absolute atomic E-state index is 0.0474. The van der Waals surface area contributed by atoms with Crippen LogP contribution in [0.5, 0.6) is 23.0 Å². The van der Waals surface area contributed by atoms with Gasteiger partial charge in [-0.25, -0.2) is 10.5 Å². The Kier molecular flexibility index (Phi) is 14.8. The maximum atomic E-state index is 10.7. The van der Waals surface area contributed by atoms with Crippen molar-refractivity contribution < 1.29 is 89.6 Å². The van der Waals surface area contributed by atoms with Crippen LogP contribution in [0, 0.1) is 11.8 Å². The van der Waals surface area contributed by atoms with E-state index >= 15 is 0 Å². The van der Waals surface area contributed by atoms with Crippen molar-refractivity contribution >= 4 is 0 Å².